The van der Waals surface area contributed by atoms with Crippen LogP contribution in [-0.4, -0.2) is 37.1 Å². The second-order valence-corrected chi connectivity index (χ2v) is 8.83. The fourth-order valence-corrected chi connectivity index (χ4v) is 4.47. The predicted molar refractivity (Wildman–Crippen MR) is 133 cm³/mol. The molecule has 0 radical (unpaired) electrons. The van der Waals surface area contributed by atoms with Crippen LogP contribution < -0.4 is 10.2 Å². The van der Waals surface area contributed by atoms with Gasteiger partial charge in [0.05, 0.1) is 12.2 Å². The van der Waals surface area contributed by atoms with Gasteiger partial charge in [0, 0.05) is 31.7 Å². The number of rotatable bonds is 4. The van der Waals surface area contributed by atoms with E-state index in [2.05, 4.69) is 15.1 Å². The molecule has 184 valence electrons. The maximum absolute atomic E-state index is 13.3. The number of carbonyl (C=O) groups excluding carboxylic acids is 1. The lowest BCUT2D eigenvalue weighted by atomic mass is 9.97. The lowest BCUT2D eigenvalue weighted by Gasteiger charge is -2.27. The molecule has 1 saturated heterocycles. The van der Waals surface area contributed by atoms with E-state index in [0.717, 1.165) is 55.4 Å². The largest absolute Gasteiger partial charge is 0.416 e. The zero-order valence-electron chi connectivity index (χ0n) is 19.6. The molecule has 0 aromatic heterocycles. The number of alkyl halides is 3. The monoisotopic (exact) mass is 481 g/mol. The highest BCUT2D eigenvalue weighted by atomic mass is 19.4. The Kier molecular flexibility index (Phi) is 8.08. The average Bonchev–Trinajstić information content (AvgIpc) is 2.90. The van der Waals surface area contributed by atoms with Crippen molar-refractivity contribution in [2.75, 3.05) is 31.2 Å². The summed E-state index contributed by atoms with van der Waals surface area (Å²) in [5, 5.41) is 3.02. The van der Waals surface area contributed by atoms with Gasteiger partial charge in [-0.25, -0.2) is 0 Å². The number of hydrogen-bond acceptors (Lipinski definition) is 3. The number of para-hydroxylation sites is 1. The highest BCUT2D eigenvalue weighted by Gasteiger charge is 2.30. The summed E-state index contributed by atoms with van der Waals surface area (Å²) in [4.78, 5) is 16.8. The van der Waals surface area contributed by atoms with Crippen LogP contribution in [0.4, 0.5) is 18.9 Å². The van der Waals surface area contributed by atoms with E-state index in [0.29, 0.717) is 25.2 Å². The second kappa shape index (κ2) is 11.4. The molecule has 0 bridgehead atoms. The number of halogens is 3. The van der Waals surface area contributed by atoms with Crippen LogP contribution in [0, 0.1) is 0 Å². The Balaban J connectivity index is 1.52. The van der Waals surface area contributed by atoms with Crippen LogP contribution in [0.1, 0.15) is 30.4 Å². The third-order valence-electron chi connectivity index (χ3n) is 6.28. The summed E-state index contributed by atoms with van der Waals surface area (Å²) in [6.07, 6.45) is -2.32. The Morgan fingerprint density at radius 3 is 2.37 bits per heavy atom. The number of nitrogens with one attached hydrogen (secondary N) is 1. The van der Waals surface area contributed by atoms with Gasteiger partial charge in [-0.1, -0.05) is 54.6 Å². The molecule has 3 aromatic rings. The van der Waals surface area contributed by atoms with Crippen molar-refractivity contribution in [1.82, 2.24) is 10.2 Å². The average molecular weight is 482 g/mol. The fraction of sp³-hybridized carbons (Fsp3) is 0.321. The Hall–Kier alpha value is -3.32. The van der Waals surface area contributed by atoms with E-state index in [-0.39, 0.29) is 5.91 Å². The van der Waals surface area contributed by atoms with Gasteiger partial charge in [-0.05, 0) is 60.3 Å². The van der Waals surface area contributed by atoms with Crippen molar-refractivity contribution in [2.45, 2.75) is 32.0 Å². The number of carbonyl (C=O) groups is 1. The van der Waals surface area contributed by atoms with Crippen molar-refractivity contribution in [3.8, 4) is 11.1 Å². The van der Waals surface area contributed by atoms with E-state index in [1.165, 1.54) is 12.1 Å². The van der Waals surface area contributed by atoms with Gasteiger partial charge in [0.15, 0.2) is 0 Å². The van der Waals surface area contributed by atoms with E-state index in [1.54, 1.807) is 6.07 Å². The molecule has 7 heteroatoms. The number of hydrogen-bond donors (Lipinski definition) is 1. The molecule has 1 aliphatic rings. The molecule has 35 heavy (non-hydrogen) atoms. The molecule has 4 rings (SSSR count). The molecule has 1 N–H and O–H groups in total. The molecule has 1 amide bonds. The van der Waals surface area contributed by atoms with Crippen LogP contribution in [-0.2, 0) is 17.5 Å². The van der Waals surface area contributed by atoms with Crippen molar-refractivity contribution >= 4 is 11.6 Å². The van der Waals surface area contributed by atoms with E-state index in [4.69, 9.17) is 0 Å². The molecule has 0 aliphatic carbocycles. The first kappa shape index (κ1) is 24.8. The number of benzene rings is 3. The Bertz CT molecular complexity index is 1120. The summed E-state index contributed by atoms with van der Waals surface area (Å²) in [5.41, 5.74) is 2.76. The Morgan fingerprint density at radius 1 is 0.829 bits per heavy atom. The van der Waals surface area contributed by atoms with E-state index >= 15 is 0 Å². The second-order valence-electron chi connectivity index (χ2n) is 8.83. The quantitative estimate of drug-likeness (QED) is 0.501. The lowest BCUT2D eigenvalue weighted by Crippen LogP contribution is -2.38. The Morgan fingerprint density at radius 2 is 1.57 bits per heavy atom. The van der Waals surface area contributed by atoms with Crippen LogP contribution in [0.2, 0.25) is 0 Å². The maximum Gasteiger partial charge on any atom is 0.416 e. The molecule has 1 fully saturated rings. The highest BCUT2D eigenvalue weighted by Crippen LogP contribution is 2.33. The van der Waals surface area contributed by atoms with Gasteiger partial charge >= 0.3 is 6.18 Å². The smallest absolute Gasteiger partial charge is 0.354 e. The van der Waals surface area contributed by atoms with E-state index in [9.17, 15) is 18.0 Å². The van der Waals surface area contributed by atoms with Crippen LogP contribution in [0.5, 0.6) is 0 Å². The first-order valence-electron chi connectivity index (χ1n) is 11.9. The van der Waals surface area contributed by atoms with Gasteiger partial charge in [-0.15, -0.1) is 0 Å². The SMILES string of the molecule is O=C1CCCN(Cc2ccccc2-c2cccc(C(F)(F)F)c2)CCCN(c2ccccc2)CN1. The molecule has 1 heterocycles. The van der Waals surface area contributed by atoms with Gasteiger partial charge < -0.3 is 10.2 Å². The minimum Gasteiger partial charge on any atom is -0.354 e. The summed E-state index contributed by atoms with van der Waals surface area (Å²) in [6.45, 7) is 3.45. The highest BCUT2D eigenvalue weighted by molar-refractivity contribution is 5.76. The van der Waals surface area contributed by atoms with Crippen molar-refractivity contribution in [3.63, 3.8) is 0 Å². The van der Waals surface area contributed by atoms with Crippen molar-refractivity contribution < 1.29 is 18.0 Å². The third-order valence-corrected chi connectivity index (χ3v) is 6.28. The summed E-state index contributed by atoms with van der Waals surface area (Å²) in [6, 6.07) is 23.1. The molecular formula is C28H30F3N3O. The van der Waals surface area contributed by atoms with Crippen LogP contribution >= 0.6 is 0 Å². The normalized spacial score (nSPS) is 16.4. The summed E-state index contributed by atoms with van der Waals surface area (Å²) in [5.74, 6) is 0.0251. The maximum atomic E-state index is 13.3. The molecule has 1 aliphatic heterocycles. The summed E-state index contributed by atoms with van der Waals surface area (Å²) in [7, 11) is 0. The van der Waals surface area contributed by atoms with Gasteiger partial charge in [0.2, 0.25) is 5.91 Å². The zero-order chi connectivity index (χ0) is 24.7. The number of amides is 1. The standard InChI is InChI=1S/C28H30F3N3O/c29-28(30,31)24-11-6-10-22(19-24)26-14-5-4-9-23(26)20-33-16-7-15-27(35)32-21-34(18-8-17-33)25-12-2-1-3-13-25/h1-6,9-14,19H,7-8,15-18,20-21H2,(H,32,35). The lowest BCUT2D eigenvalue weighted by molar-refractivity contribution is -0.137. The van der Waals surface area contributed by atoms with Gasteiger partial charge in [-0.3, -0.25) is 9.69 Å². The molecule has 0 atom stereocenters. The van der Waals surface area contributed by atoms with E-state index < -0.39 is 11.7 Å². The van der Waals surface area contributed by atoms with Gasteiger partial charge in [0.1, 0.15) is 0 Å². The molecule has 0 saturated carbocycles. The fourth-order valence-electron chi connectivity index (χ4n) is 4.47. The number of nitrogens with zero attached hydrogens (tertiary/aromatic N) is 2. The van der Waals surface area contributed by atoms with Gasteiger partial charge in [0.25, 0.3) is 0 Å². The van der Waals surface area contributed by atoms with Crippen LogP contribution in [0.15, 0.2) is 78.9 Å². The molecular weight excluding hydrogens is 451 g/mol. The molecule has 0 unspecified atom stereocenters. The molecule has 4 nitrogen and oxygen atoms in total. The molecule has 0 spiro atoms. The molecule has 3 aromatic carbocycles. The first-order chi connectivity index (χ1) is 16.9. The van der Waals surface area contributed by atoms with Crippen molar-refractivity contribution in [3.05, 3.63) is 90.0 Å². The van der Waals surface area contributed by atoms with Gasteiger partial charge in [-0.2, -0.15) is 13.2 Å². The zero-order valence-corrected chi connectivity index (χ0v) is 19.6. The Labute approximate surface area is 204 Å². The van der Waals surface area contributed by atoms with Crippen LogP contribution in [0.25, 0.3) is 11.1 Å². The summed E-state index contributed by atoms with van der Waals surface area (Å²) >= 11 is 0. The van der Waals surface area contributed by atoms with Crippen molar-refractivity contribution in [1.29, 1.82) is 0 Å². The van der Waals surface area contributed by atoms with E-state index in [1.807, 2.05) is 54.6 Å². The minimum absolute atomic E-state index is 0.0251. The summed E-state index contributed by atoms with van der Waals surface area (Å²) < 4.78 is 39.9. The topological polar surface area (TPSA) is 35.6 Å². The minimum atomic E-state index is -4.38. The van der Waals surface area contributed by atoms with Crippen molar-refractivity contribution in [2.24, 2.45) is 0 Å². The van der Waals surface area contributed by atoms with Crippen LogP contribution in [0.3, 0.4) is 0 Å². The third kappa shape index (κ3) is 6.85. The number of anilines is 1. The predicted octanol–water partition coefficient (Wildman–Crippen LogP) is 5.94. The first-order valence-corrected chi connectivity index (χ1v) is 11.9.